The van der Waals surface area contributed by atoms with E-state index in [1.807, 2.05) is 30.3 Å². The van der Waals surface area contributed by atoms with Gasteiger partial charge in [-0.2, -0.15) is 5.26 Å². The molecule has 2 aromatic rings. The minimum Gasteiger partial charge on any atom is -0.497 e. The molecule has 74 valence electrons. The van der Waals surface area contributed by atoms with E-state index in [1.54, 1.807) is 13.3 Å². The number of H-pyrrole nitrogens is 1. The zero-order valence-electron chi connectivity index (χ0n) is 8.19. The van der Waals surface area contributed by atoms with E-state index in [0.717, 1.165) is 11.3 Å². The van der Waals surface area contributed by atoms with Crippen LogP contribution in [0, 0.1) is 11.3 Å². The second-order valence-corrected chi connectivity index (χ2v) is 2.97. The molecule has 0 saturated heterocycles. The van der Waals surface area contributed by atoms with E-state index < -0.39 is 0 Å². The number of aromatic amines is 1. The molecule has 0 aliphatic carbocycles. The molecular weight excluding hydrogens is 190 g/mol. The van der Waals surface area contributed by atoms with E-state index in [0.29, 0.717) is 11.5 Å². The number of ether oxygens (including phenoxy) is 1. The highest BCUT2D eigenvalue weighted by Crippen LogP contribution is 2.19. The first-order chi connectivity index (χ1) is 7.33. The fourth-order valence-corrected chi connectivity index (χ4v) is 1.28. The third-order valence-corrected chi connectivity index (χ3v) is 2.06. The Morgan fingerprint density at radius 3 is 2.60 bits per heavy atom. The fourth-order valence-electron chi connectivity index (χ4n) is 1.28. The van der Waals surface area contributed by atoms with Gasteiger partial charge in [0.1, 0.15) is 17.6 Å². The van der Waals surface area contributed by atoms with Crippen LogP contribution in [-0.2, 0) is 0 Å². The third kappa shape index (κ3) is 1.81. The van der Waals surface area contributed by atoms with Crippen LogP contribution >= 0.6 is 0 Å². The number of benzene rings is 1. The summed E-state index contributed by atoms with van der Waals surface area (Å²) in [5, 5.41) is 8.63. The van der Waals surface area contributed by atoms with Crippen LogP contribution in [-0.4, -0.2) is 17.1 Å². The standard InChI is InChI=1S/C11H9N3O/c1-15-10-4-2-8(3-5-10)11-13-7-9(6-12)14-11/h2-5,7H,1H3,(H,13,14). The van der Waals surface area contributed by atoms with Crippen LogP contribution in [0.2, 0.25) is 0 Å². The Hall–Kier alpha value is -2.28. The van der Waals surface area contributed by atoms with E-state index in [2.05, 4.69) is 9.97 Å². The maximum absolute atomic E-state index is 8.63. The normalized spacial score (nSPS) is 9.60. The number of methoxy groups -OCH3 is 1. The van der Waals surface area contributed by atoms with Crippen molar-refractivity contribution in [3.63, 3.8) is 0 Å². The van der Waals surface area contributed by atoms with Crippen molar-refractivity contribution in [1.29, 1.82) is 5.26 Å². The summed E-state index contributed by atoms with van der Waals surface area (Å²) >= 11 is 0. The highest BCUT2D eigenvalue weighted by molar-refractivity contribution is 5.57. The summed E-state index contributed by atoms with van der Waals surface area (Å²) in [6.07, 6.45) is 1.58. The summed E-state index contributed by atoms with van der Waals surface area (Å²) in [6.45, 7) is 0. The van der Waals surface area contributed by atoms with Crippen LogP contribution < -0.4 is 4.74 Å². The van der Waals surface area contributed by atoms with Gasteiger partial charge in [-0.3, -0.25) is 0 Å². The van der Waals surface area contributed by atoms with Crippen LogP contribution in [0.3, 0.4) is 0 Å². The van der Waals surface area contributed by atoms with Gasteiger partial charge in [0.15, 0.2) is 5.69 Å². The smallest absolute Gasteiger partial charge is 0.158 e. The molecule has 0 fully saturated rings. The molecule has 15 heavy (non-hydrogen) atoms. The molecule has 0 spiro atoms. The van der Waals surface area contributed by atoms with Gasteiger partial charge in [-0.05, 0) is 24.3 Å². The van der Waals surface area contributed by atoms with Gasteiger partial charge in [-0.15, -0.1) is 0 Å². The van der Waals surface area contributed by atoms with Crippen molar-refractivity contribution in [1.82, 2.24) is 9.97 Å². The monoisotopic (exact) mass is 199 g/mol. The number of nitrogens with zero attached hydrogens (tertiary/aromatic N) is 2. The average molecular weight is 199 g/mol. The van der Waals surface area contributed by atoms with Gasteiger partial charge in [0, 0.05) is 11.8 Å². The van der Waals surface area contributed by atoms with Crippen molar-refractivity contribution in [2.45, 2.75) is 0 Å². The first-order valence-electron chi connectivity index (χ1n) is 4.43. The van der Waals surface area contributed by atoms with E-state index in [4.69, 9.17) is 10.00 Å². The Morgan fingerprint density at radius 2 is 2.07 bits per heavy atom. The molecule has 4 heteroatoms. The Kier molecular flexibility index (Phi) is 2.38. The van der Waals surface area contributed by atoms with E-state index in [-0.39, 0.29) is 0 Å². The summed E-state index contributed by atoms with van der Waals surface area (Å²) in [6, 6.07) is 9.45. The van der Waals surface area contributed by atoms with Crippen LogP contribution in [0.4, 0.5) is 0 Å². The molecule has 4 nitrogen and oxygen atoms in total. The molecule has 0 atom stereocenters. The summed E-state index contributed by atoms with van der Waals surface area (Å²) in [7, 11) is 1.62. The van der Waals surface area contributed by atoms with Crippen molar-refractivity contribution in [2.24, 2.45) is 0 Å². The molecule has 0 aliphatic rings. The summed E-state index contributed by atoms with van der Waals surface area (Å²) < 4.78 is 5.05. The third-order valence-electron chi connectivity index (χ3n) is 2.06. The van der Waals surface area contributed by atoms with Gasteiger partial charge in [0.25, 0.3) is 0 Å². The molecule has 1 N–H and O–H groups in total. The number of rotatable bonds is 2. The van der Waals surface area contributed by atoms with Gasteiger partial charge in [0.2, 0.25) is 0 Å². The number of nitrogens with one attached hydrogen (secondary N) is 1. The predicted molar refractivity (Wildman–Crippen MR) is 55.3 cm³/mol. The zero-order valence-corrected chi connectivity index (χ0v) is 8.19. The van der Waals surface area contributed by atoms with Crippen LogP contribution in [0.25, 0.3) is 11.4 Å². The number of hydrogen-bond donors (Lipinski definition) is 1. The zero-order chi connectivity index (χ0) is 10.7. The Bertz CT molecular complexity index is 493. The lowest BCUT2D eigenvalue weighted by Gasteiger charge is -2.00. The number of hydrogen-bond acceptors (Lipinski definition) is 3. The van der Waals surface area contributed by atoms with Gasteiger partial charge in [0.05, 0.1) is 7.11 Å². The lowest BCUT2D eigenvalue weighted by molar-refractivity contribution is 0.415. The van der Waals surface area contributed by atoms with E-state index in [1.165, 1.54) is 0 Å². The minimum atomic E-state index is 0.390. The van der Waals surface area contributed by atoms with Crippen LogP contribution in [0.5, 0.6) is 5.75 Å². The fraction of sp³-hybridized carbons (Fsp3) is 0.0909. The van der Waals surface area contributed by atoms with Crippen molar-refractivity contribution in [3.8, 4) is 23.2 Å². The van der Waals surface area contributed by atoms with Gasteiger partial charge >= 0.3 is 0 Å². The van der Waals surface area contributed by atoms with Gasteiger partial charge < -0.3 is 9.72 Å². The molecule has 0 aliphatic heterocycles. The molecule has 0 amide bonds. The van der Waals surface area contributed by atoms with Gasteiger partial charge in [-0.1, -0.05) is 0 Å². The second kappa shape index (κ2) is 3.84. The summed E-state index contributed by atoms with van der Waals surface area (Å²) in [4.78, 5) is 7.03. The number of nitriles is 1. The summed E-state index contributed by atoms with van der Waals surface area (Å²) in [5.74, 6) is 1.49. The van der Waals surface area contributed by atoms with Crippen molar-refractivity contribution < 1.29 is 4.74 Å². The molecule has 0 radical (unpaired) electrons. The molecule has 0 saturated carbocycles. The molecule has 1 aromatic carbocycles. The highest BCUT2D eigenvalue weighted by Gasteiger charge is 2.02. The first-order valence-corrected chi connectivity index (χ1v) is 4.43. The van der Waals surface area contributed by atoms with Crippen molar-refractivity contribution in [2.75, 3.05) is 7.11 Å². The molecule has 2 rings (SSSR count). The second-order valence-electron chi connectivity index (χ2n) is 2.97. The minimum absolute atomic E-state index is 0.390. The summed E-state index contributed by atoms with van der Waals surface area (Å²) in [5.41, 5.74) is 1.32. The molecule has 0 bridgehead atoms. The van der Waals surface area contributed by atoms with E-state index >= 15 is 0 Å². The van der Waals surface area contributed by atoms with Crippen LogP contribution in [0.15, 0.2) is 30.5 Å². The average Bonchev–Trinajstić information content (AvgIpc) is 2.78. The molecule has 1 heterocycles. The SMILES string of the molecule is COc1ccc(-c2nc(C#N)c[nH]2)cc1. The van der Waals surface area contributed by atoms with E-state index in [9.17, 15) is 0 Å². The lowest BCUT2D eigenvalue weighted by Crippen LogP contribution is -1.84. The predicted octanol–water partition coefficient (Wildman–Crippen LogP) is 1.96. The molecule has 0 unspecified atom stereocenters. The lowest BCUT2D eigenvalue weighted by atomic mass is 10.2. The first kappa shape index (κ1) is 9.28. The van der Waals surface area contributed by atoms with Gasteiger partial charge in [-0.25, -0.2) is 4.98 Å². The highest BCUT2D eigenvalue weighted by atomic mass is 16.5. The Morgan fingerprint density at radius 1 is 1.33 bits per heavy atom. The maximum atomic E-state index is 8.63. The van der Waals surface area contributed by atoms with Crippen molar-refractivity contribution >= 4 is 0 Å². The number of imidazole rings is 1. The molecular formula is C11H9N3O. The largest absolute Gasteiger partial charge is 0.497 e. The molecule has 1 aromatic heterocycles. The Labute approximate surface area is 87.2 Å². The number of aromatic nitrogens is 2. The topological polar surface area (TPSA) is 61.7 Å². The van der Waals surface area contributed by atoms with Crippen LogP contribution in [0.1, 0.15) is 5.69 Å². The quantitative estimate of drug-likeness (QED) is 0.804. The maximum Gasteiger partial charge on any atom is 0.158 e. The Balaban J connectivity index is 2.33. The van der Waals surface area contributed by atoms with Crippen molar-refractivity contribution in [3.05, 3.63) is 36.2 Å².